The molecule has 4 rings (SSSR count). The number of aromatic nitrogens is 2. The number of nitrogens with zero attached hydrogens (tertiary/aromatic N) is 1. The summed E-state index contributed by atoms with van der Waals surface area (Å²) in [4.78, 5) is 49.5. The maximum atomic E-state index is 12.1. The number of carbonyl (C=O) groups is 4. The highest BCUT2D eigenvalue weighted by Crippen LogP contribution is 2.24. The summed E-state index contributed by atoms with van der Waals surface area (Å²) in [5, 5.41) is 7.49. The van der Waals surface area contributed by atoms with E-state index in [1.54, 1.807) is 0 Å². The van der Waals surface area contributed by atoms with Gasteiger partial charge in [0.05, 0.1) is 14.2 Å². The van der Waals surface area contributed by atoms with E-state index < -0.39 is 24.0 Å². The Labute approximate surface area is 298 Å². The maximum Gasteiger partial charge on any atom is 0.328 e. The molecule has 2 unspecified atom stereocenters. The van der Waals surface area contributed by atoms with Gasteiger partial charge in [0.1, 0.15) is 12.1 Å². The number of hydrogen-bond acceptors (Lipinski definition) is 6. The Bertz CT molecular complexity index is 1620. The Kier molecular flexibility index (Phi) is 19.9. The first kappa shape index (κ1) is 43.4. The fourth-order valence-corrected chi connectivity index (χ4v) is 5.99. The van der Waals surface area contributed by atoms with Crippen LogP contribution in [0.5, 0.6) is 0 Å². The van der Waals surface area contributed by atoms with Gasteiger partial charge in [0, 0.05) is 67.4 Å². The first-order chi connectivity index (χ1) is 23.2. The zero-order valence-corrected chi connectivity index (χ0v) is 29.1. The van der Waals surface area contributed by atoms with Crippen LogP contribution in [0.4, 0.5) is 0 Å². The van der Waals surface area contributed by atoms with E-state index >= 15 is 0 Å². The number of unbranched alkanes of at least 4 members (excludes halogenated alkanes) is 7. The molecule has 2 atom stereocenters. The Morgan fingerprint density at radius 1 is 0.700 bits per heavy atom. The van der Waals surface area contributed by atoms with Gasteiger partial charge in [-0.2, -0.15) is 0 Å². The van der Waals surface area contributed by atoms with Crippen molar-refractivity contribution < 1.29 is 28.7 Å². The molecule has 0 aliphatic carbocycles. The number of carbonyl (C=O) groups excluding carboxylic acids is 4. The van der Waals surface area contributed by atoms with Gasteiger partial charge >= 0.3 is 11.9 Å². The van der Waals surface area contributed by atoms with E-state index in [0.29, 0.717) is 12.8 Å². The molecule has 2 aromatic carbocycles. The molecule has 0 radical (unpaired) electrons. The number of rotatable bonds is 17. The van der Waals surface area contributed by atoms with Gasteiger partial charge in [0.15, 0.2) is 0 Å². The molecule has 2 aromatic heterocycles. The predicted octanol–water partition coefficient (Wildman–Crippen LogP) is 7.66. The first-order valence-corrected chi connectivity index (χ1v) is 17.0. The molecule has 2 heterocycles. The number of methoxy groups -OCH3 is 2. The monoisotopic (exact) mass is 692 g/mol. The van der Waals surface area contributed by atoms with E-state index in [1.807, 2.05) is 42.6 Å². The molecular formula is C40H60N4O6. The highest BCUT2D eigenvalue weighted by atomic mass is 16.5. The topological polar surface area (TPSA) is 132 Å². The number of fused-ring (bicyclic) bond motifs is 2. The summed E-state index contributed by atoms with van der Waals surface area (Å²) in [6.45, 7) is 6.02. The fraction of sp³-hybridized carbons (Fsp3) is 0.500. The fourth-order valence-electron chi connectivity index (χ4n) is 5.99. The minimum absolute atomic E-state index is 0. The molecule has 276 valence electrons. The van der Waals surface area contributed by atoms with E-state index in [4.69, 9.17) is 9.47 Å². The van der Waals surface area contributed by atoms with Gasteiger partial charge in [-0.3, -0.25) is 9.59 Å². The van der Waals surface area contributed by atoms with Gasteiger partial charge in [0.2, 0.25) is 11.8 Å². The molecule has 0 bridgehead atoms. The van der Waals surface area contributed by atoms with Crippen molar-refractivity contribution in [3.05, 3.63) is 72.1 Å². The van der Waals surface area contributed by atoms with E-state index in [0.717, 1.165) is 40.4 Å². The third kappa shape index (κ3) is 13.4. The van der Waals surface area contributed by atoms with Crippen LogP contribution >= 0.6 is 0 Å². The van der Waals surface area contributed by atoms with Gasteiger partial charge in [-0.15, -0.1) is 0 Å². The first-order valence-electron chi connectivity index (χ1n) is 17.0. The average molecular weight is 693 g/mol. The number of ether oxygens (including phenoxy) is 2. The van der Waals surface area contributed by atoms with E-state index in [9.17, 15) is 19.2 Å². The van der Waals surface area contributed by atoms with Crippen LogP contribution in [0.15, 0.2) is 60.9 Å². The highest BCUT2D eigenvalue weighted by molar-refractivity contribution is 5.88. The van der Waals surface area contributed by atoms with Crippen molar-refractivity contribution >= 4 is 45.6 Å². The molecule has 10 heteroatoms. The molecule has 3 N–H and O–H groups in total. The summed E-state index contributed by atoms with van der Waals surface area (Å²) in [5.74, 6) is -1.35. The lowest BCUT2D eigenvalue weighted by atomic mass is 10.1. The number of H-pyrrole nitrogens is 1. The van der Waals surface area contributed by atoms with Crippen molar-refractivity contribution in [2.24, 2.45) is 0 Å². The normalized spacial score (nSPS) is 11.6. The number of hydrogen-bond donors (Lipinski definition) is 3. The molecule has 4 aromatic rings. The molecule has 0 fully saturated rings. The number of esters is 2. The lowest BCUT2D eigenvalue weighted by molar-refractivity contribution is -0.145. The van der Waals surface area contributed by atoms with Crippen LogP contribution in [0.1, 0.15) is 98.1 Å². The largest absolute Gasteiger partial charge is 0.467 e. The zero-order chi connectivity index (χ0) is 34.9. The van der Waals surface area contributed by atoms with Crippen molar-refractivity contribution in [1.29, 1.82) is 0 Å². The number of amides is 2. The summed E-state index contributed by atoms with van der Waals surface area (Å²) in [6, 6.07) is 14.7. The van der Waals surface area contributed by atoms with Crippen LogP contribution in [-0.4, -0.2) is 59.6 Å². The standard InChI is InChI=1S/C24H36N2O3.C14H16N2O3.2CH4/c1-4-5-6-7-8-9-10-13-16-26-18-20(21-14-11-12-15-23(21)26)17-22(24(28)29-3)25-19(2)27;1-9(17)16-13(14(18)19-2)7-10-8-15-12-6-4-3-5-11(10)12;;/h11-12,14-15,18,22H,4-10,13,16-17H2,1-3H3,(H,25,27);3-6,8,13,15H,7H2,1-2H3,(H,16,17);2*1H4. The van der Waals surface area contributed by atoms with Crippen molar-refractivity contribution in [1.82, 2.24) is 20.2 Å². The average Bonchev–Trinajstić information content (AvgIpc) is 3.65. The van der Waals surface area contributed by atoms with E-state index in [-0.39, 0.29) is 26.7 Å². The van der Waals surface area contributed by atoms with E-state index in [1.165, 1.54) is 78.5 Å². The molecule has 0 spiro atoms. The molecule has 0 aliphatic rings. The quantitative estimate of drug-likeness (QED) is 0.0769. The molecule has 50 heavy (non-hydrogen) atoms. The van der Waals surface area contributed by atoms with Crippen LogP contribution in [0.25, 0.3) is 21.8 Å². The predicted molar refractivity (Wildman–Crippen MR) is 203 cm³/mol. The summed E-state index contributed by atoms with van der Waals surface area (Å²) in [6.07, 6.45) is 15.2. The number of aromatic amines is 1. The molecular weight excluding hydrogens is 632 g/mol. The van der Waals surface area contributed by atoms with Crippen molar-refractivity contribution in [2.45, 2.75) is 118 Å². The van der Waals surface area contributed by atoms with Gasteiger partial charge in [0.25, 0.3) is 0 Å². The zero-order valence-electron chi connectivity index (χ0n) is 29.1. The van der Waals surface area contributed by atoms with Gasteiger partial charge in [-0.05, 0) is 29.7 Å². The van der Waals surface area contributed by atoms with Gasteiger partial charge in [-0.25, -0.2) is 9.59 Å². The third-order valence-electron chi connectivity index (χ3n) is 8.37. The van der Waals surface area contributed by atoms with Crippen molar-refractivity contribution in [2.75, 3.05) is 14.2 Å². The summed E-state index contributed by atoms with van der Waals surface area (Å²) in [5.41, 5.74) is 4.21. The van der Waals surface area contributed by atoms with Crippen LogP contribution in [0, 0.1) is 0 Å². The molecule has 0 saturated heterocycles. The van der Waals surface area contributed by atoms with Gasteiger partial charge < -0.3 is 29.7 Å². The molecule has 2 amide bonds. The number of benzene rings is 2. The van der Waals surface area contributed by atoms with E-state index in [2.05, 4.69) is 45.4 Å². The highest BCUT2D eigenvalue weighted by Gasteiger charge is 2.23. The minimum atomic E-state index is -0.667. The lowest BCUT2D eigenvalue weighted by Gasteiger charge is -2.14. The summed E-state index contributed by atoms with van der Waals surface area (Å²) >= 11 is 0. The third-order valence-corrected chi connectivity index (χ3v) is 8.37. The summed E-state index contributed by atoms with van der Waals surface area (Å²) in [7, 11) is 2.66. The van der Waals surface area contributed by atoms with Crippen LogP contribution in [-0.2, 0) is 48.0 Å². The lowest BCUT2D eigenvalue weighted by Crippen LogP contribution is -2.41. The Hall–Kier alpha value is -4.60. The number of nitrogens with one attached hydrogen (secondary N) is 3. The maximum absolute atomic E-state index is 12.1. The Balaban J connectivity index is 0.000000518. The second kappa shape index (κ2) is 22.9. The molecule has 0 aliphatic heterocycles. The molecule has 10 nitrogen and oxygen atoms in total. The Morgan fingerprint density at radius 2 is 1.20 bits per heavy atom. The van der Waals surface area contributed by atoms with Gasteiger partial charge in [-0.1, -0.05) is 103 Å². The van der Waals surface area contributed by atoms with Crippen LogP contribution in [0.2, 0.25) is 0 Å². The van der Waals surface area contributed by atoms with Crippen LogP contribution in [0.3, 0.4) is 0 Å². The van der Waals surface area contributed by atoms with Crippen molar-refractivity contribution in [3.63, 3.8) is 0 Å². The summed E-state index contributed by atoms with van der Waals surface area (Å²) < 4.78 is 11.9. The minimum Gasteiger partial charge on any atom is -0.467 e. The van der Waals surface area contributed by atoms with Crippen molar-refractivity contribution in [3.8, 4) is 0 Å². The SMILES string of the molecule is C.C.CCCCCCCCCCn1cc(CC(NC(C)=O)C(=O)OC)c2ccccc21.COC(=O)C(Cc1c[nH]c2ccccc12)NC(C)=O. The molecule has 0 saturated carbocycles. The Morgan fingerprint density at radius 3 is 1.76 bits per heavy atom. The number of aryl methyl sites for hydroxylation is 1. The van der Waals surface area contributed by atoms with Crippen LogP contribution < -0.4 is 10.6 Å². The second-order valence-corrected chi connectivity index (χ2v) is 12.2. The smallest absolute Gasteiger partial charge is 0.328 e. The number of para-hydroxylation sites is 2. The second-order valence-electron chi connectivity index (χ2n) is 12.2.